The number of benzene rings is 2. The van der Waals surface area contributed by atoms with Gasteiger partial charge < -0.3 is 19.5 Å². The van der Waals surface area contributed by atoms with Gasteiger partial charge >= 0.3 is 0 Å². The molecule has 8 heteroatoms. The van der Waals surface area contributed by atoms with Gasteiger partial charge in [0.15, 0.2) is 0 Å². The van der Waals surface area contributed by atoms with E-state index in [4.69, 9.17) is 9.47 Å². The van der Waals surface area contributed by atoms with Crippen LogP contribution in [0.15, 0.2) is 59.5 Å². The van der Waals surface area contributed by atoms with Crippen molar-refractivity contribution in [1.82, 2.24) is 4.90 Å². The standard InChI is InChI=1S/C27H26FNO5S/c1-4-33-19-10-11-20(21(14-19)34-5-2)24(30)22-23(26-16(3)12-13-35-26)29(27(32)25(22)31)15-17-6-8-18(28)9-7-17/h6-14,23,30H,4-5,15H2,1-3H3/b24-22+. The lowest BCUT2D eigenvalue weighted by molar-refractivity contribution is -0.140. The zero-order valence-electron chi connectivity index (χ0n) is 19.7. The normalized spacial score (nSPS) is 17.1. The van der Waals surface area contributed by atoms with Gasteiger partial charge in [-0.1, -0.05) is 12.1 Å². The predicted octanol–water partition coefficient (Wildman–Crippen LogP) is 5.61. The molecule has 1 aliphatic heterocycles. The van der Waals surface area contributed by atoms with Gasteiger partial charge in [-0.15, -0.1) is 11.3 Å². The molecule has 1 amide bonds. The van der Waals surface area contributed by atoms with Crippen LogP contribution in [0.25, 0.3) is 5.76 Å². The van der Waals surface area contributed by atoms with Crippen LogP contribution in [0.2, 0.25) is 0 Å². The summed E-state index contributed by atoms with van der Waals surface area (Å²) in [6.07, 6.45) is 0. The highest BCUT2D eigenvalue weighted by Crippen LogP contribution is 2.44. The van der Waals surface area contributed by atoms with Crippen molar-refractivity contribution in [2.75, 3.05) is 13.2 Å². The second kappa shape index (κ2) is 10.3. The molecule has 1 atom stereocenters. The first kappa shape index (κ1) is 24.5. The minimum Gasteiger partial charge on any atom is -0.507 e. The Labute approximate surface area is 207 Å². The van der Waals surface area contributed by atoms with Crippen LogP contribution in [0.4, 0.5) is 4.39 Å². The first-order chi connectivity index (χ1) is 16.8. The Balaban J connectivity index is 1.86. The van der Waals surface area contributed by atoms with Gasteiger partial charge in [-0.3, -0.25) is 9.59 Å². The summed E-state index contributed by atoms with van der Waals surface area (Å²) in [5.74, 6) is -1.29. The van der Waals surface area contributed by atoms with E-state index in [0.717, 1.165) is 10.4 Å². The number of hydrogen-bond acceptors (Lipinski definition) is 6. The van der Waals surface area contributed by atoms with Crippen LogP contribution < -0.4 is 9.47 Å². The molecule has 182 valence electrons. The molecule has 1 N–H and O–H groups in total. The molecule has 3 aromatic rings. The average Bonchev–Trinajstić information content (AvgIpc) is 3.36. The highest BCUT2D eigenvalue weighted by atomic mass is 32.1. The molecule has 2 aromatic carbocycles. The molecule has 0 bridgehead atoms. The summed E-state index contributed by atoms with van der Waals surface area (Å²) in [5.41, 5.74) is 1.86. The molecule has 1 unspecified atom stereocenters. The van der Waals surface area contributed by atoms with Crippen molar-refractivity contribution in [2.45, 2.75) is 33.4 Å². The second-order valence-corrected chi connectivity index (χ2v) is 8.99. The molecule has 2 heterocycles. The monoisotopic (exact) mass is 495 g/mol. The number of aliphatic hydroxyl groups is 1. The van der Waals surface area contributed by atoms with Crippen molar-refractivity contribution in [1.29, 1.82) is 0 Å². The van der Waals surface area contributed by atoms with Crippen molar-refractivity contribution < 1.29 is 28.6 Å². The molecule has 35 heavy (non-hydrogen) atoms. The zero-order chi connectivity index (χ0) is 25.1. The van der Waals surface area contributed by atoms with Crippen molar-refractivity contribution in [3.63, 3.8) is 0 Å². The molecule has 1 aliphatic rings. The van der Waals surface area contributed by atoms with Gasteiger partial charge in [-0.05, 0) is 67.6 Å². The summed E-state index contributed by atoms with van der Waals surface area (Å²) in [5, 5.41) is 13.3. The Hall–Kier alpha value is -3.65. The number of aryl methyl sites for hydroxylation is 1. The first-order valence-corrected chi connectivity index (χ1v) is 12.2. The quantitative estimate of drug-likeness (QED) is 0.250. The van der Waals surface area contributed by atoms with Gasteiger partial charge in [-0.25, -0.2) is 4.39 Å². The van der Waals surface area contributed by atoms with E-state index in [2.05, 4.69) is 0 Å². The first-order valence-electron chi connectivity index (χ1n) is 11.3. The molecule has 1 aromatic heterocycles. The van der Waals surface area contributed by atoms with Gasteiger partial charge in [-0.2, -0.15) is 0 Å². The zero-order valence-corrected chi connectivity index (χ0v) is 20.5. The van der Waals surface area contributed by atoms with E-state index < -0.39 is 17.7 Å². The number of halogens is 1. The fraction of sp³-hybridized carbons (Fsp3) is 0.259. The summed E-state index contributed by atoms with van der Waals surface area (Å²) < 4.78 is 24.7. The van der Waals surface area contributed by atoms with E-state index in [1.165, 1.54) is 28.4 Å². The highest BCUT2D eigenvalue weighted by Gasteiger charge is 2.47. The van der Waals surface area contributed by atoms with Gasteiger partial charge in [0.1, 0.15) is 29.1 Å². The SMILES string of the molecule is CCOc1ccc(/C(O)=C2\C(=O)C(=O)N(Cc3ccc(F)cc3)C2c2sccc2C)c(OCC)c1. The number of Topliss-reactive ketones (excluding diaryl/α,β-unsaturated/α-hetero) is 1. The topological polar surface area (TPSA) is 76.1 Å². The number of ketones is 1. The number of carbonyl (C=O) groups is 2. The van der Waals surface area contributed by atoms with Gasteiger partial charge in [0.25, 0.3) is 11.7 Å². The van der Waals surface area contributed by atoms with Crippen LogP contribution in [0.3, 0.4) is 0 Å². The lowest BCUT2D eigenvalue weighted by Crippen LogP contribution is -2.29. The fourth-order valence-corrected chi connectivity index (χ4v) is 5.19. The summed E-state index contributed by atoms with van der Waals surface area (Å²) >= 11 is 1.40. The molecule has 0 aliphatic carbocycles. The van der Waals surface area contributed by atoms with E-state index in [9.17, 15) is 19.1 Å². The van der Waals surface area contributed by atoms with Crippen molar-refractivity contribution in [2.24, 2.45) is 0 Å². The van der Waals surface area contributed by atoms with Crippen LogP contribution in [-0.2, 0) is 16.1 Å². The number of likely N-dealkylation sites (tertiary alicyclic amines) is 1. The van der Waals surface area contributed by atoms with Gasteiger partial charge in [0.05, 0.1) is 24.4 Å². The molecule has 4 rings (SSSR count). The number of ether oxygens (including phenoxy) is 2. The number of thiophene rings is 1. The Morgan fingerprint density at radius 3 is 2.40 bits per heavy atom. The van der Waals surface area contributed by atoms with E-state index in [0.29, 0.717) is 35.8 Å². The summed E-state index contributed by atoms with van der Waals surface area (Å²) in [7, 11) is 0. The third kappa shape index (κ3) is 4.79. The third-order valence-electron chi connectivity index (χ3n) is 5.78. The van der Waals surface area contributed by atoms with Crippen LogP contribution >= 0.6 is 11.3 Å². The smallest absolute Gasteiger partial charge is 0.295 e. The molecule has 0 spiro atoms. The Morgan fingerprint density at radius 1 is 1.06 bits per heavy atom. The molecular formula is C27H26FNO5S. The fourth-order valence-electron chi connectivity index (χ4n) is 4.14. The van der Waals surface area contributed by atoms with Crippen LogP contribution in [0.5, 0.6) is 11.5 Å². The van der Waals surface area contributed by atoms with Crippen molar-refractivity contribution >= 4 is 28.8 Å². The summed E-state index contributed by atoms with van der Waals surface area (Å²) in [6.45, 7) is 6.46. The Kier molecular flexibility index (Phi) is 7.21. The third-order valence-corrected chi connectivity index (χ3v) is 6.85. The van der Waals surface area contributed by atoms with Crippen LogP contribution in [-0.4, -0.2) is 34.9 Å². The molecule has 1 fully saturated rings. The van der Waals surface area contributed by atoms with E-state index in [1.807, 2.05) is 32.2 Å². The van der Waals surface area contributed by atoms with Gasteiger partial charge in [0.2, 0.25) is 0 Å². The molecule has 1 saturated heterocycles. The predicted molar refractivity (Wildman–Crippen MR) is 132 cm³/mol. The van der Waals surface area contributed by atoms with Crippen LogP contribution in [0.1, 0.15) is 41.5 Å². The summed E-state index contributed by atoms with van der Waals surface area (Å²) in [4.78, 5) is 28.7. The number of rotatable bonds is 8. The molecule has 6 nitrogen and oxygen atoms in total. The van der Waals surface area contributed by atoms with E-state index >= 15 is 0 Å². The van der Waals surface area contributed by atoms with Gasteiger partial charge in [0, 0.05) is 17.5 Å². The number of amides is 1. The second-order valence-electron chi connectivity index (χ2n) is 8.05. The van der Waals surface area contributed by atoms with Crippen molar-refractivity contribution in [3.05, 3.63) is 86.9 Å². The Morgan fingerprint density at radius 2 is 1.77 bits per heavy atom. The minimum absolute atomic E-state index is 0.00669. The lowest BCUT2D eigenvalue weighted by atomic mass is 9.97. The number of hydrogen-bond donors (Lipinski definition) is 1. The molecule has 0 saturated carbocycles. The Bertz CT molecular complexity index is 1280. The molecule has 0 radical (unpaired) electrons. The maximum absolute atomic E-state index is 13.4. The number of nitrogens with zero attached hydrogens (tertiary/aromatic N) is 1. The van der Waals surface area contributed by atoms with Crippen LogP contribution in [0, 0.1) is 12.7 Å². The lowest BCUT2D eigenvalue weighted by Gasteiger charge is -2.25. The van der Waals surface area contributed by atoms with E-state index in [1.54, 1.807) is 30.3 Å². The molecular weight excluding hydrogens is 469 g/mol. The minimum atomic E-state index is -0.791. The largest absolute Gasteiger partial charge is 0.507 e. The average molecular weight is 496 g/mol. The number of aliphatic hydroxyl groups excluding tert-OH is 1. The van der Waals surface area contributed by atoms with Crippen molar-refractivity contribution in [3.8, 4) is 11.5 Å². The maximum Gasteiger partial charge on any atom is 0.295 e. The summed E-state index contributed by atoms with van der Waals surface area (Å²) in [6, 6.07) is 11.8. The van der Waals surface area contributed by atoms with E-state index in [-0.39, 0.29) is 23.7 Å². The highest BCUT2D eigenvalue weighted by molar-refractivity contribution is 7.10. The number of carbonyl (C=O) groups excluding carboxylic acids is 2. The maximum atomic E-state index is 13.4.